The number of aliphatic hydroxyl groups excluding tert-OH is 1. The van der Waals surface area contributed by atoms with Crippen molar-refractivity contribution < 1.29 is 14.6 Å². The minimum absolute atomic E-state index is 0.0505. The van der Waals surface area contributed by atoms with Gasteiger partial charge < -0.3 is 24.0 Å². The highest BCUT2D eigenvalue weighted by Crippen LogP contribution is 2.21. The van der Waals surface area contributed by atoms with Gasteiger partial charge in [0.25, 0.3) is 5.56 Å². The van der Waals surface area contributed by atoms with E-state index in [2.05, 4.69) is 9.97 Å². The van der Waals surface area contributed by atoms with E-state index in [1.165, 1.54) is 4.57 Å². The fraction of sp³-hybridized carbons (Fsp3) is 0.450. The predicted molar refractivity (Wildman–Crippen MR) is 111 cm³/mol. The lowest BCUT2D eigenvalue weighted by Crippen LogP contribution is -2.39. The molecule has 0 unspecified atom stereocenters. The van der Waals surface area contributed by atoms with Crippen LogP contribution in [0.2, 0.25) is 0 Å². The van der Waals surface area contributed by atoms with Crippen LogP contribution in [0.5, 0.6) is 5.75 Å². The first-order valence-corrected chi connectivity index (χ1v) is 9.84. The highest BCUT2D eigenvalue weighted by Gasteiger charge is 2.24. The van der Waals surface area contributed by atoms with Gasteiger partial charge in [-0.25, -0.2) is 4.79 Å². The maximum atomic E-state index is 12.6. The summed E-state index contributed by atoms with van der Waals surface area (Å²) in [6.45, 7) is 4.41. The lowest BCUT2D eigenvalue weighted by atomic mass is 10.2. The fourth-order valence-corrected chi connectivity index (χ4v) is 3.49. The first-order chi connectivity index (χ1) is 14.4. The van der Waals surface area contributed by atoms with Crippen molar-refractivity contribution in [1.29, 1.82) is 0 Å². The summed E-state index contributed by atoms with van der Waals surface area (Å²) in [7, 11) is 1.55. The number of anilines is 1. The number of H-pyrrole nitrogens is 1. The molecular formula is C20H25N5O5. The molecule has 1 saturated heterocycles. The molecule has 10 nitrogen and oxygen atoms in total. The van der Waals surface area contributed by atoms with Gasteiger partial charge >= 0.3 is 5.69 Å². The molecule has 3 heterocycles. The van der Waals surface area contributed by atoms with Gasteiger partial charge in [-0.15, -0.1) is 0 Å². The average Bonchev–Trinajstić information content (AvgIpc) is 3.12. The van der Waals surface area contributed by atoms with Crippen molar-refractivity contribution in [2.45, 2.75) is 19.6 Å². The Bertz CT molecular complexity index is 1140. The molecule has 0 spiro atoms. The van der Waals surface area contributed by atoms with Crippen LogP contribution >= 0.6 is 0 Å². The minimum Gasteiger partial charge on any atom is -0.491 e. The molecule has 1 aliphatic heterocycles. The van der Waals surface area contributed by atoms with E-state index in [1.807, 2.05) is 36.1 Å². The molecule has 0 aliphatic carbocycles. The standard InChI is InChI=1S/C20H25N5O5/c1-13-3-5-15(6-4-13)30-12-14(26)11-25-16-17(23(2)20(28)22-18(16)27)21-19(25)24-7-9-29-10-8-24/h3-6,14,26H,7-12H2,1-2H3,(H,22,27,28)/t14-/m1/s1. The summed E-state index contributed by atoms with van der Waals surface area (Å²) in [6.07, 6.45) is -0.889. The molecule has 0 amide bonds. The molecule has 30 heavy (non-hydrogen) atoms. The third-order valence-corrected chi connectivity index (χ3v) is 5.14. The van der Waals surface area contributed by atoms with Crippen LogP contribution < -0.4 is 20.9 Å². The molecule has 1 aromatic carbocycles. The predicted octanol–water partition coefficient (Wildman–Crippen LogP) is 0.00822. The maximum Gasteiger partial charge on any atom is 0.329 e. The van der Waals surface area contributed by atoms with Crippen molar-refractivity contribution in [1.82, 2.24) is 19.1 Å². The van der Waals surface area contributed by atoms with Gasteiger partial charge in [-0.05, 0) is 19.1 Å². The Hall–Kier alpha value is -3.11. The molecule has 1 atom stereocenters. The number of hydrogen-bond donors (Lipinski definition) is 2. The zero-order chi connectivity index (χ0) is 21.3. The van der Waals surface area contributed by atoms with Crippen molar-refractivity contribution in [3.8, 4) is 5.75 Å². The van der Waals surface area contributed by atoms with Crippen molar-refractivity contribution in [3.63, 3.8) is 0 Å². The van der Waals surface area contributed by atoms with E-state index >= 15 is 0 Å². The van der Waals surface area contributed by atoms with E-state index in [-0.39, 0.29) is 24.3 Å². The van der Waals surface area contributed by atoms with Gasteiger partial charge in [-0.3, -0.25) is 14.3 Å². The molecule has 0 bridgehead atoms. The molecule has 1 fully saturated rings. The summed E-state index contributed by atoms with van der Waals surface area (Å²) in [5, 5.41) is 10.6. The molecule has 10 heteroatoms. The Morgan fingerprint density at radius 1 is 1.23 bits per heavy atom. The van der Waals surface area contributed by atoms with Crippen molar-refractivity contribution in [2.24, 2.45) is 7.05 Å². The van der Waals surface area contributed by atoms with E-state index < -0.39 is 17.4 Å². The third kappa shape index (κ3) is 3.96. The third-order valence-electron chi connectivity index (χ3n) is 5.14. The zero-order valence-electron chi connectivity index (χ0n) is 17.0. The number of aromatic amines is 1. The number of imidazole rings is 1. The number of rotatable bonds is 6. The van der Waals surface area contributed by atoms with Gasteiger partial charge in [-0.1, -0.05) is 17.7 Å². The van der Waals surface area contributed by atoms with Gasteiger partial charge in [0.2, 0.25) is 5.95 Å². The molecule has 2 aromatic heterocycles. The van der Waals surface area contributed by atoms with Crippen LogP contribution in [0.1, 0.15) is 5.56 Å². The Morgan fingerprint density at radius 2 is 1.93 bits per heavy atom. The summed E-state index contributed by atoms with van der Waals surface area (Å²) in [5.74, 6) is 1.18. The van der Waals surface area contributed by atoms with Crippen LogP contribution in [0.15, 0.2) is 33.9 Å². The quantitative estimate of drug-likeness (QED) is 0.583. The van der Waals surface area contributed by atoms with E-state index in [0.29, 0.717) is 38.0 Å². The monoisotopic (exact) mass is 415 g/mol. The Morgan fingerprint density at radius 3 is 2.63 bits per heavy atom. The molecule has 4 rings (SSSR count). The lowest BCUT2D eigenvalue weighted by molar-refractivity contribution is 0.0927. The number of benzene rings is 1. The highest BCUT2D eigenvalue weighted by molar-refractivity contribution is 5.74. The number of fused-ring (bicyclic) bond motifs is 1. The number of nitrogens with one attached hydrogen (secondary N) is 1. The molecule has 160 valence electrons. The van der Waals surface area contributed by atoms with Crippen molar-refractivity contribution in [3.05, 3.63) is 50.7 Å². The molecule has 2 N–H and O–H groups in total. The summed E-state index contributed by atoms with van der Waals surface area (Å²) in [6, 6.07) is 7.55. The van der Waals surface area contributed by atoms with Crippen molar-refractivity contribution in [2.75, 3.05) is 37.8 Å². The Kier molecular flexibility index (Phi) is 5.60. The molecule has 1 aliphatic rings. The van der Waals surface area contributed by atoms with E-state index in [9.17, 15) is 14.7 Å². The topological polar surface area (TPSA) is 115 Å². The molecule has 0 radical (unpaired) electrons. The number of morpholine rings is 1. The second-order valence-electron chi connectivity index (χ2n) is 7.39. The lowest BCUT2D eigenvalue weighted by Gasteiger charge is -2.28. The van der Waals surface area contributed by atoms with Gasteiger partial charge in [0.05, 0.1) is 19.8 Å². The van der Waals surface area contributed by atoms with Crippen LogP contribution in [0.25, 0.3) is 11.2 Å². The first-order valence-electron chi connectivity index (χ1n) is 9.84. The summed E-state index contributed by atoms with van der Waals surface area (Å²) < 4.78 is 14.0. The summed E-state index contributed by atoms with van der Waals surface area (Å²) >= 11 is 0. The van der Waals surface area contributed by atoms with Gasteiger partial charge in [-0.2, -0.15) is 4.98 Å². The second kappa shape index (κ2) is 8.33. The summed E-state index contributed by atoms with van der Waals surface area (Å²) in [5.41, 5.74) is 0.568. The number of nitrogens with zero attached hydrogens (tertiary/aromatic N) is 4. The zero-order valence-corrected chi connectivity index (χ0v) is 17.0. The largest absolute Gasteiger partial charge is 0.491 e. The maximum absolute atomic E-state index is 12.6. The number of aromatic nitrogens is 4. The first kappa shape index (κ1) is 20.2. The average molecular weight is 415 g/mol. The van der Waals surface area contributed by atoms with E-state index in [0.717, 1.165) is 5.56 Å². The van der Waals surface area contributed by atoms with Gasteiger partial charge in [0.15, 0.2) is 11.2 Å². The second-order valence-corrected chi connectivity index (χ2v) is 7.39. The Balaban J connectivity index is 1.65. The molecular weight excluding hydrogens is 390 g/mol. The number of aryl methyl sites for hydroxylation is 2. The Labute approximate surface area is 172 Å². The normalized spacial score (nSPS) is 15.5. The van der Waals surface area contributed by atoms with Crippen molar-refractivity contribution >= 4 is 17.1 Å². The molecule has 3 aromatic rings. The number of aliphatic hydroxyl groups is 1. The van der Waals surface area contributed by atoms with Crippen LogP contribution in [0, 0.1) is 6.92 Å². The summed E-state index contributed by atoms with van der Waals surface area (Å²) in [4.78, 5) is 33.4. The number of hydrogen-bond acceptors (Lipinski definition) is 7. The van der Waals surface area contributed by atoms with Crippen LogP contribution in [0.3, 0.4) is 0 Å². The number of ether oxygens (including phenoxy) is 2. The highest BCUT2D eigenvalue weighted by atomic mass is 16.5. The van der Waals surface area contributed by atoms with E-state index in [4.69, 9.17) is 9.47 Å². The molecule has 0 saturated carbocycles. The van der Waals surface area contributed by atoms with Crippen LogP contribution in [0.4, 0.5) is 5.95 Å². The van der Waals surface area contributed by atoms with Crippen LogP contribution in [-0.4, -0.2) is 63.2 Å². The smallest absolute Gasteiger partial charge is 0.329 e. The minimum atomic E-state index is -0.889. The van der Waals surface area contributed by atoms with E-state index in [1.54, 1.807) is 11.6 Å². The van der Waals surface area contributed by atoms with Gasteiger partial charge in [0, 0.05) is 20.1 Å². The van der Waals surface area contributed by atoms with Gasteiger partial charge in [0.1, 0.15) is 18.5 Å². The fourth-order valence-electron chi connectivity index (χ4n) is 3.49. The van der Waals surface area contributed by atoms with Crippen LogP contribution in [-0.2, 0) is 18.3 Å². The SMILES string of the molecule is Cc1ccc(OC[C@H](O)Cn2c(N3CCOCC3)nc3c2c(=O)[nH]c(=O)n3C)cc1.